The molecule has 222 valence electrons. The number of hydrogen-bond donors (Lipinski definition) is 1. The van der Waals surface area contributed by atoms with Crippen LogP contribution in [0.2, 0.25) is 0 Å². The smallest absolute Gasteiger partial charge is 0.337 e. The van der Waals surface area contributed by atoms with Crippen LogP contribution >= 0.6 is 15.9 Å². The van der Waals surface area contributed by atoms with Gasteiger partial charge in [0.05, 0.1) is 40.0 Å². The van der Waals surface area contributed by atoms with E-state index in [9.17, 15) is 9.59 Å². The minimum Gasteiger partial charge on any atom is -0.496 e. The van der Waals surface area contributed by atoms with Gasteiger partial charge in [0.1, 0.15) is 17.0 Å². The predicted molar refractivity (Wildman–Crippen MR) is 166 cm³/mol. The van der Waals surface area contributed by atoms with E-state index in [-0.39, 0.29) is 0 Å². The number of methoxy groups -OCH3 is 1. The zero-order chi connectivity index (χ0) is 31.0. The number of benzene rings is 2. The van der Waals surface area contributed by atoms with Crippen LogP contribution in [-0.4, -0.2) is 40.0 Å². The average molecular weight is 637 g/mol. The van der Waals surface area contributed by atoms with Crippen LogP contribution in [0.4, 0.5) is 0 Å². The van der Waals surface area contributed by atoms with E-state index in [2.05, 4.69) is 21.2 Å². The number of dihydropyridines is 1. The van der Waals surface area contributed by atoms with E-state index >= 15 is 0 Å². The van der Waals surface area contributed by atoms with E-state index < -0.39 is 29.1 Å². The molecule has 1 aromatic heterocycles. The van der Waals surface area contributed by atoms with Crippen molar-refractivity contribution >= 4 is 27.9 Å². The third-order valence-corrected chi connectivity index (χ3v) is 7.12. The molecule has 1 aliphatic rings. The first kappa shape index (κ1) is 31.1. The number of esters is 2. The Bertz CT molecular complexity index is 1520. The summed E-state index contributed by atoms with van der Waals surface area (Å²) in [5.41, 5.74) is 3.15. The minimum atomic E-state index is -0.829. The molecule has 0 aliphatic carbocycles. The lowest BCUT2D eigenvalue weighted by atomic mass is 9.79. The van der Waals surface area contributed by atoms with Gasteiger partial charge in [-0.15, -0.1) is 0 Å². The van der Waals surface area contributed by atoms with Gasteiger partial charge in [0.25, 0.3) is 0 Å². The summed E-state index contributed by atoms with van der Waals surface area (Å²) in [7, 11) is 1.60. The molecule has 0 spiro atoms. The Morgan fingerprint density at radius 3 is 1.90 bits per heavy atom. The van der Waals surface area contributed by atoms with Crippen LogP contribution in [0.25, 0.3) is 16.9 Å². The Hall–Kier alpha value is -3.85. The molecule has 4 rings (SSSR count). The summed E-state index contributed by atoms with van der Waals surface area (Å²) in [6, 6.07) is 15.3. The molecule has 0 saturated carbocycles. The molecule has 1 aliphatic heterocycles. The molecule has 0 fully saturated rings. The number of ether oxygens (including phenoxy) is 3. The van der Waals surface area contributed by atoms with E-state index in [1.165, 1.54) is 0 Å². The highest BCUT2D eigenvalue weighted by atomic mass is 79.9. The second-order valence-electron chi connectivity index (χ2n) is 12.2. The molecule has 2 heterocycles. The van der Waals surface area contributed by atoms with Gasteiger partial charge in [-0.2, -0.15) is 5.10 Å². The summed E-state index contributed by atoms with van der Waals surface area (Å²) < 4.78 is 19.7. The van der Waals surface area contributed by atoms with Gasteiger partial charge in [-0.25, -0.2) is 14.3 Å². The normalized spacial score (nSPS) is 14.5. The molecular weight excluding hydrogens is 598 g/mol. The van der Waals surface area contributed by atoms with Gasteiger partial charge in [-0.3, -0.25) is 0 Å². The third kappa shape index (κ3) is 6.78. The summed E-state index contributed by atoms with van der Waals surface area (Å²) in [6.45, 7) is 14.5. The Kier molecular flexibility index (Phi) is 8.73. The van der Waals surface area contributed by atoms with Crippen LogP contribution in [-0.2, 0) is 19.1 Å². The molecule has 2 aromatic carbocycles. The van der Waals surface area contributed by atoms with Gasteiger partial charge in [-0.05, 0) is 102 Å². The largest absolute Gasteiger partial charge is 0.496 e. The number of nitrogens with zero attached hydrogens (tertiary/aromatic N) is 2. The molecule has 0 atom stereocenters. The molecule has 0 unspecified atom stereocenters. The molecule has 9 heteroatoms. The number of rotatable bonds is 6. The Balaban J connectivity index is 2.03. The van der Waals surface area contributed by atoms with Crippen molar-refractivity contribution in [3.8, 4) is 22.7 Å². The first-order valence-electron chi connectivity index (χ1n) is 13.7. The van der Waals surface area contributed by atoms with Crippen LogP contribution < -0.4 is 10.1 Å². The monoisotopic (exact) mass is 635 g/mol. The van der Waals surface area contributed by atoms with Crippen LogP contribution in [0.5, 0.6) is 5.75 Å². The van der Waals surface area contributed by atoms with Gasteiger partial charge in [0.15, 0.2) is 0 Å². The van der Waals surface area contributed by atoms with Crippen LogP contribution in [0.1, 0.15) is 66.9 Å². The molecule has 0 bridgehead atoms. The highest BCUT2D eigenvalue weighted by Crippen LogP contribution is 2.44. The molecule has 0 saturated heterocycles. The maximum absolute atomic E-state index is 13.9. The zero-order valence-corrected chi connectivity index (χ0v) is 27.2. The van der Waals surface area contributed by atoms with Crippen molar-refractivity contribution < 1.29 is 23.8 Å². The van der Waals surface area contributed by atoms with Crippen molar-refractivity contribution in [2.75, 3.05) is 7.11 Å². The number of para-hydroxylation sites is 1. The Labute approximate surface area is 255 Å². The summed E-state index contributed by atoms with van der Waals surface area (Å²) in [4.78, 5) is 27.8. The Morgan fingerprint density at radius 2 is 1.43 bits per heavy atom. The summed E-state index contributed by atoms with van der Waals surface area (Å²) in [5.74, 6) is -1.22. The second-order valence-corrected chi connectivity index (χ2v) is 13.1. The summed E-state index contributed by atoms with van der Waals surface area (Å²) in [5, 5.41) is 8.24. The summed E-state index contributed by atoms with van der Waals surface area (Å²) in [6.07, 6.45) is 1.87. The fourth-order valence-corrected chi connectivity index (χ4v) is 5.40. The van der Waals surface area contributed by atoms with Gasteiger partial charge >= 0.3 is 11.9 Å². The maximum atomic E-state index is 13.9. The first-order chi connectivity index (χ1) is 19.6. The lowest BCUT2D eigenvalue weighted by Gasteiger charge is -2.33. The van der Waals surface area contributed by atoms with Gasteiger partial charge in [-0.1, -0.05) is 18.2 Å². The van der Waals surface area contributed by atoms with E-state index in [1.54, 1.807) is 11.8 Å². The van der Waals surface area contributed by atoms with Crippen molar-refractivity contribution in [3.63, 3.8) is 0 Å². The van der Waals surface area contributed by atoms with E-state index in [4.69, 9.17) is 19.3 Å². The predicted octanol–water partition coefficient (Wildman–Crippen LogP) is 7.23. The zero-order valence-electron chi connectivity index (χ0n) is 25.6. The lowest BCUT2D eigenvalue weighted by Crippen LogP contribution is -2.36. The molecule has 0 radical (unpaired) electrons. The number of nitrogens with one attached hydrogen (secondary N) is 1. The third-order valence-electron chi connectivity index (χ3n) is 6.50. The van der Waals surface area contributed by atoms with Crippen LogP contribution in [0.3, 0.4) is 0 Å². The van der Waals surface area contributed by atoms with Crippen molar-refractivity contribution in [2.24, 2.45) is 0 Å². The number of aromatic nitrogens is 2. The van der Waals surface area contributed by atoms with Crippen molar-refractivity contribution in [3.05, 3.63) is 87.3 Å². The highest BCUT2D eigenvalue weighted by molar-refractivity contribution is 9.10. The van der Waals surface area contributed by atoms with E-state index in [1.807, 2.05) is 110 Å². The van der Waals surface area contributed by atoms with Crippen molar-refractivity contribution in [1.29, 1.82) is 0 Å². The molecule has 8 nitrogen and oxygen atoms in total. The SMILES string of the molecule is COc1ccc(-c2nn(-c3ccccc3)cc2C2C(C(=O)OC(C)(C)C)=C(C)NC(C)=C2C(=O)OC(C)(C)C)cc1Br. The van der Waals surface area contributed by atoms with Gasteiger partial charge in [0.2, 0.25) is 0 Å². The molecular formula is C33H38BrN3O5. The fraction of sp³-hybridized carbons (Fsp3) is 0.364. The van der Waals surface area contributed by atoms with Crippen LogP contribution in [0.15, 0.2) is 81.7 Å². The van der Waals surface area contributed by atoms with Gasteiger partial charge in [0, 0.05) is 28.7 Å². The Morgan fingerprint density at radius 1 is 0.881 bits per heavy atom. The van der Waals surface area contributed by atoms with Gasteiger partial charge < -0.3 is 19.5 Å². The van der Waals surface area contributed by atoms with Crippen LogP contribution in [0, 0.1) is 0 Å². The fourth-order valence-electron chi connectivity index (χ4n) is 4.86. The molecule has 3 aromatic rings. The maximum Gasteiger partial charge on any atom is 0.337 e. The van der Waals surface area contributed by atoms with E-state index in [0.29, 0.717) is 39.5 Å². The highest BCUT2D eigenvalue weighted by Gasteiger charge is 2.42. The number of carbonyl (C=O) groups excluding carboxylic acids is 2. The minimum absolute atomic E-state index is 0.317. The number of carbonyl (C=O) groups is 2. The quantitative estimate of drug-likeness (QED) is 0.286. The standard InChI is InChI=1S/C33H38BrN3O5/c1-19-26(30(38)41-32(3,4)5)28(27(20(2)35-19)31(39)42-33(6,7)8)23-18-37(22-13-11-10-12-14-22)36-29(23)21-15-16-25(40-9)24(34)17-21/h10-18,28,35H,1-9H3. The number of allylic oxidation sites excluding steroid dienone is 2. The van der Waals surface area contributed by atoms with Crippen molar-refractivity contribution in [1.82, 2.24) is 15.1 Å². The molecule has 0 amide bonds. The second kappa shape index (κ2) is 11.8. The van der Waals surface area contributed by atoms with Crippen molar-refractivity contribution in [2.45, 2.75) is 72.5 Å². The topological polar surface area (TPSA) is 91.7 Å². The molecule has 1 N–H and O–H groups in total. The average Bonchev–Trinajstić information content (AvgIpc) is 3.31. The first-order valence-corrected chi connectivity index (χ1v) is 14.5. The number of hydrogen-bond acceptors (Lipinski definition) is 7. The van der Waals surface area contributed by atoms with E-state index in [0.717, 1.165) is 15.7 Å². The summed E-state index contributed by atoms with van der Waals surface area (Å²) >= 11 is 3.60. The number of halogens is 1. The molecule has 42 heavy (non-hydrogen) atoms. The lowest BCUT2D eigenvalue weighted by molar-refractivity contribution is -0.150.